The summed E-state index contributed by atoms with van der Waals surface area (Å²) in [4.78, 5) is 10.1. The quantitative estimate of drug-likeness (QED) is 0.547. The smallest absolute Gasteiger partial charge is 0.183 e. The topological polar surface area (TPSA) is 43.6 Å². The van der Waals surface area contributed by atoms with Crippen molar-refractivity contribution in [1.29, 1.82) is 0 Å². The van der Waals surface area contributed by atoms with Crippen LogP contribution in [0.2, 0.25) is 0 Å². The third-order valence-corrected chi connectivity index (χ3v) is 4.87. The van der Waals surface area contributed by atoms with Gasteiger partial charge in [-0.1, -0.05) is 18.2 Å². The highest BCUT2D eigenvalue weighted by molar-refractivity contribution is 7.13. The second-order valence-electron chi connectivity index (χ2n) is 5.69. The molecule has 0 aliphatic heterocycles. The number of aryl methyl sites for hydroxylation is 2. The zero-order chi connectivity index (χ0) is 16.5. The van der Waals surface area contributed by atoms with Gasteiger partial charge in [-0.05, 0) is 54.6 Å². The lowest BCUT2D eigenvalue weighted by Crippen LogP contribution is -2.01. The Bertz CT molecular complexity index is 986. The normalized spacial score (nSPS) is 10.9. The van der Waals surface area contributed by atoms with Gasteiger partial charge >= 0.3 is 0 Å². The Balaban J connectivity index is 1.94. The van der Waals surface area contributed by atoms with Gasteiger partial charge in [0.2, 0.25) is 0 Å². The Kier molecular flexibility index (Phi) is 3.70. The molecule has 4 nitrogen and oxygen atoms in total. The molecule has 0 radical (unpaired) electrons. The van der Waals surface area contributed by atoms with Crippen LogP contribution in [0.5, 0.6) is 0 Å². The van der Waals surface area contributed by atoms with Gasteiger partial charge in [0.25, 0.3) is 0 Å². The number of hydrogen-bond donors (Lipinski definition) is 0. The highest BCUT2D eigenvalue weighted by Crippen LogP contribution is 2.30. The van der Waals surface area contributed by atoms with Crippen molar-refractivity contribution in [1.82, 2.24) is 19.7 Å². The van der Waals surface area contributed by atoms with Crippen molar-refractivity contribution in [3.8, 4) is 27.8 Å². The van der Waals surface area contributed by atoms with E-state index in [-0.39, 0.29) is 0 Å². The average molecular weight is 332 g/mol. The number of thiophene rings is 1. The summed E-state index contributed by atoms with van der Waals surface area (Å²) in [6, 6.07) is 14.2. The first-order chi connectivity index (χ1) is 11.7. The van der Waals surface area contributed by atoms with Gasteiger partial charge in [-0.2, -0.15) is 0 Å². The van der Waals surface area contributed by atoms with Crippen molar-refractivity contribution in [2.75, 3.05) is 0 Å². The van der Waals surface area contributed by atoms with Gasteiger partial charge in [0.15, 0.2) is 11.6 Å². The lowest BCUT2D eigenvalue weighted by Gasteiger charge is -2.07. The van der Waals surface area contributed by atoms with Crippen LogP contribution < -0.4 is 0 Å². The number of aromatic nitrogens is 4. The molecule has 3 heterocycles. The highest BCUT2D eigenvalue weighted by Gasteiger charge is 2.17. The molecule has 3 aromatic heterocycles. The lowest BCUT2D eigenvalue weighted by molar-refractivity contribution is 0.884. The van der Waals surface area contributed by atoms with Crippen LogP contribution in [0.3, 0.4) is 0 Å². The molecule has 0 amide bonds. The summed E-state index contributed by atoms with van der Waals surface area (Å²) >= 11 is 1.69. The van der Waals surface area contributed by atoms with Gasteiger partial charge in [-0.25, -0.2) is 9.67 Å². The van der Waals surface area contributed by atoms with E-state index >= 15 is 0 Å². The van der Waals surface area contributed by atoms with Crippen molar-refractivity contribution in [3.63, 3.8) is 0 Å². The fourth-order valence-electron chi connectivity index (χ4n) is 2.61. The number of benzene rings is 1. The van der Waals surface area contributed by atoms with E-state index in [0.29, 0.717) is 5.82 Å². The minimum atomic E-state index is 0.687. The number of para-hydroxylation sites is 1. The molecule has 0 aliphatic carbocycles. The van der Waals surface area contributed by atoms with Crippen LogP contribution in [0.1, 0.15) is 11.1 Å². The van der Waals surface area contributed by atoms with Crippen molar-refractivity contribution < 1.29 is 0 Å². The van der Waals surface area contributed by atoms with E-state index in [1.807, 2.05) is 28.9 Å². The van der Waals surface area contributed by atoms with E-state index in [0.717, 1.165) is 27.5 Å². The van der Waals surface area contributed by atoms with Crippen molar-refractivity contribution >= 4 is 11.3 Å². The summed E-state index contributed by atoms with van der Waals surface area (Å²) < 4.78 is 1.93. The molecule has 0 fully saturated rings. The fourth-order valence-corrected chi connectivity index (χ4v) is 3.48. The largest absolute Gasteiger partial charge is 0.264 e. The van der Waals surface area contributed by atoms with Gasteiger partial charge in [-0.15, -0.1) is 16.4 Å². The molecule has 4 aromatic rings. The summed E-state index contributed by atoms with van der Waals surface area (Å²) in [5.41, 5.74) is 4.35. The SMILES string of the molecule is Cc1csc(-c2nc(-c3cccnc3)nn2-c2ccccc2C)c1. The number of rotatable bonds is 3. The number of hydrogen-bond acceptors (Lipinski definition) is 4. The second-order valence-corrected chi connectivity index (χ2v) is 6.60. The average Bonchev–Trinajstić information content (AvgIpc) is 3.22. The molecule has 118 valence electrons. The van der Waals surface area contributed by atoms with Gasteiger partial charge in [0.1, 0.15) is 0 Å². The molecule has 0 atom stereocenters. The molecular weight excluding hydrogens is 316 g/mol. The summed E-state index contributed by atoms with van der Waals surface area (Å²) in [5, 5.41) is 6.90. The van der Waals surface area contributed by atoms with Crippen LogP contribution in [-0.4, -0.2) is 19.7 Å². The van der Waals surface area contributed by atoms with E-state index in [1.165, 1.54) is 5.56 Å². The second kappa shape index (κ2) is 6.02. The van der Waals surface area contributed by atoms with Crippen LogP contribution >= 0.6 is 11.3 Å². The lowest BCUT2D eigenvalue weighted by atomic mass is 10.2. The van der Waals surface area contributed by atoms with Crippen LogP contribution in [0, 0.1) is 13.8 Å². The van der Waals surface area contributed by atoms with Crippen molar-refractivity contribution in [2.24, 2.45) is 0 Å². The molecule has 0 saturated carbocycles. The van der Waals surface area contributed by atoms with Crippen molar-refractivity contribution in [3.05, 3.63) is 71.4 Å². The van der Waals surface area contributed by atoms with Gasteiger partial charge in [-0.3, -0.25) is 4.98 Å². The van der Waals surface area contributed by atoms with Crippen LogP contribution in [0.4, 0.5) is 0 Å². The third kappa shape index (κ3) is 2.63. The Morgan fingerprint density at radius 3 is 2.62 bits per heavy atom. The molecule has 0 unspecified atom stereocenters. The Labute approximate surface area is 144 Å². The maximum atomic E-state index is 4.80. The first-order valence-electron chi connectivity index (χ1n) is 7.71. The monoisotopic (exact) mass is 332 g/mol. The maximum Gasteiger partial charge on any atom is 0.183 e. The maximum absolute atomic E-state index is 4.80. The standard InChI is InChI=1S/C19H16N4S/c1-13-10-17(24-12-13)19-21-18(15-7-5-9-20-11-15)22-23(19)16-8-4-3-6-14(16)2/h3-12H,1-2H3. The van der Waals surface area contributed by atoms with E-state index < -0.39 is 0 Å². The minimum absolute atomic E-state index is 0.687. The molecule has 4 rings (SSSR count). The van der Waals surface area contributed by atoms with E-state index in [4.69, 9.17) is 10.1 Å². The van der Waals surface area contributed by atoms with Gasteiger partial charge in [0, 0.05) is 18.0 Å². The summed E-state index contributed by atoms with van der Waals surface area (Å²) in [5.74, 6) is 1.55. The number of nitrogens with zero attached hydrogens (tertiary/aromatic N) is 4. The molecule has 0 aliphatic rings. The summed E-state index contributed by atoms with van der Waals surface area (Å²) in [7, 11) is 0. The molecule has 0 spiro atoms. The van der Waals surface area contributed by atoms with Crippen LogP contribution in [-0.2, 0) is 0 Å². The number of pyridine rings is 1. The fraction of sp³-hybridized carbons (Fsp3) is 0.105. The van der Waals surface area contributed by atoms with E-state index in [1.54, 1.807) is 23.7 Å². The third-order valence-electron chi connectivity index (χ3n) is 3.82. The summed E-state index contributed by atoms with van der Waals surface area (Å²) in [6.07, 6.45) is 3.55. The molecular formula is C19H16N4S. The van der Waals surface area contributed by atoms with E-state index in [9.17, 15) is 0 Å². The molecule has 0 N–H and O–H groups in total. The van der Waals surface area contributed by atoms with E-state index in [2.05, 4.69) is 42.4 Å². The zero-order valence-corrected chi connectivity index (χ0v) is 14.3. The van der Waals surface area contributed by atoms with Gasteiger partial charge < -0.3 is 0 Å². The molecule has 5 heteroatoms. The first-order valence-corrected chi connectivity index (χ1v) is 8.59. The Morgan fingerprint density at radius 1 is 1.04 bits per heavy atom. The van der Waals surface area contributed by atoms with Crippen LogP contribution in [0.25, 0.3) is 27.8 Å². The minimum Gasteiger partial charge on any atom is -0.264 e. The molecule has 24 heavy (non-hydrogen) atoms. The van der Waals surface area contributed by atoms with Crippen molar-refractivity contribution in [2.45, 2.75) is 13.8 Å². The predicted octanol–water partition coefficient (Wildman–Crippen LogP) is 4.67. The Hall–Kier alpha value is -2.79. The van der Waals surface area contributed by atoms with Crippen LogP contribution in [0.15, 0.2) is 60.2 Å². The first kappa shape index (κ1) is 14.8. The molecule has 0 saturated heterocycles. The highest BCUT2D eigenvalue weighted by atomic mass is 32.1. The predicted molar refractivity (Wildman–Crippen MR) is 97.4 cm³/mol. The van der Waals surface area contributed by atoms with Gasteiger partial charge in [0.05, 0.1) is 10.6 Å². The summed E-state index contributed by atoms with van der Waals surface area (Å²) in [6.45, 7) is 4.18. The molecule has 0 bridgehead atoms. The zero-order valence-electron chi connectivity index (χ0n) is 13.5. The molecule has 1 aromatic carbocycles. The Morgan fingerprint density at radius 2 is 1.92 bits per heavy atom.